The highest BCUT2D eigenvalue weighted by molar-refractivity contribution is 7.22. The highest BCUT2D eigenvalue weighted by atomic mass is 32.1. The minimum atomic E-state index is -0.146. The van der Waals surface area contributed by atoms with Gasteiger partial charge >= 0.3 is 0 Å². The van der Waals surface area contributed by atoms with Crippen LogP contribution in [0, 0.1) is 6.92 Å². The predicted octanol–water partition coefficient (Wildman–Crippen LogP) is 2.84. The fourth-order valence-corrected chi connectivity index (χ4v) is 2.98. The van der Waals surface area contributed by atoms with Crippen molar-refractivity contribution < 1.29 is 9.53 Å². The second kappa shape index (κ2) is 6.15. The number of nitrogens with zero attached hydrogens (tertiary/aromatic N) is 3. The fraction of sp³-hybridized carbons (Fsp3) is 0.267. The van der Waals surface area contributed by atoms with Crippen LogP contribution in [0.4, 0.5) is 5.13 Å². The number of amides is 1. The Morgan fingerprint density at radius 2 is 2.32 bits per heavy atom. The summed E-state index contributed by atoms with van der Waals surface area (Å²) in [6, 6.07) is 5.70. The number of benzene rings is 1. The van der Waals surface area contributed by atoms with Gasteiger partial charge in [0.1, 0.15) is 12.3 Å². The normalized spacial score (nSPS) is 10.8. The molecule has 0 aliphatic carbocycles. The number of nitrogens with one attached hydrogen (secondary N) is 1. The Morgan fingerprint density at radius 1 is 1.45 bits per heavy atom. The van der Waals surface area contributed by atoms with E-state index in [1.807, 2.05) is 38.2 Å². The third kappa shape index (κ3) is 3.25. The summed E-state index contributed by atoms with van der Waals surface area (Å²) < 4.78 is 8.05. The number of carbonyl (C=O) groups excluding carboxylic acids is 1. The Hall–Kier alpha value is -2.41. The lowest BCUT2D eigenvalue weighted by atomic mass is 10.3. The van der Waals surface area contributed by atoms with Crippen LogP contribution in [0.15, 0.2) is 30.6 Å². The van der Waals surface area contributed by atoms with Crippen LogP contribution in [0.2, 0.25) is 0 Å². The van der Waals surface area contributed by atoms with E-state index < -0.39 is 0 Å². The maximum Gasteiger partial charge on any atom is 0.247 e. The molecule has 0 bridgehead atoms. The van der Waals surface area contributed by atoms with Crippen LogP contribution in [0.1, 0.15) is 12.5 Å². The number of ether oxygens (including phenoxy) is 1. The first kappa shape index (κ1) is 14.5. The number of fused-ring (bicyclic) bond motifs is 1. The molecule has 2 aromatic heterocycles. The number of anilines is 1. The lowest BCUT2D eigenvalue weighted by Gasteiger charge is -2.01. The third-order valence-electron chi connectivity index (χ3n) is 2.99. The standard InChI is InChI=1S/C15H16N4O2S/c1-3-21-11-4-5-12-13(6-11)22-15(17-12)18-14(20)9-19-8-10(2)7-16-19/h4-8H,3,9H2,1-2H3,(H,17,18,20). The minimum Gasteiger partial charge on any atom is -0.494 e. The van der Waals surface area contributed by atoms with E-state index in [-0.39, 0.29) is 12.5 Å². The number of hydrogen-bond donors (Lipinski definition) is 1. The van der Waals surface area contributed by atoms with Crippen molar-refractivity contribution in [3.63, 3.8) is 0 Å². The Balaban J connectivity index is 1.71. The Kier molecular flexibility index (Phi) is 4.06. The van der Waals surface area contributed by atoms with Crippen molar-refractivity contribution in [2.24, 2.45) is 0 Å². The molecule has 3 rings (SSSR count). The first-order chi connectivity index (χ1) is 10.6. The summed E-state index contributed by atoms with van der Waals surface area (Å²) in [6.45, 7) is 4.68. The molecular weight excluding hydrogens is 300 g/mol. The summed E-state index contributed by atoms with van der Waals surface area (Å²) in [5.41, 5.74) is 1.87. The molecule has 0 fully saturated rings. The Morgan fingerprint density at radius 3 is 3.05 bits per heavy atom. The van der Waals surface area contributed by atoms with Crippen molar-refractivity contribution in [2.75, 3.05) is 11.9 Å². The van der Waals surface area contributed by atoms with Gasteiger partial charge in [-0.25, -0.2) is 4.98 Å². The van der Waals surface area contributed by atoms with E-state index in [4.69, 9.17) is 4.74 Å². The van der Waals surface area contributed by atoms with Gasteiger partial charge in [-0.15, -0.1) is 0 Å². The summed E-state index contributed by atoms with van der Waals surface area (Å²) >= 11 is 1.43. The van der Waals surface area contributed by atoms with Crippen LogP contribution in [0.25, 0.3) is 10.2 Å². The number of carbonyl (C=O) groups is 1. The molecule has 0 saturated heterocycles. The molecule has 0 aliphatic rings. The van der Waals surface area contributed by atoms with Crippen LogP contribution < -0.4 is 10.1 Å². The summed E-state index contributed by atoms with van der Waals surface area (Å²) in [6.07, 6.45) is 3.55. The van der Waals surface area contributed by atoms with Crippen molar-refractivity contribution in [3.05, 3.63) is 36.2 Å². The van der Waals surface area contributed by atoms with Gasteiger partial charge in [0.25, 0.3) is 0 Å². The molecule has 1 aromatic carbocycles. The molecule has 6 nitrogen and oxygen atoms in total. The number of aromatic nitrogens is 3. The molecule has 1 amide bonds. The number of rotatable bonds is 5. The maximum absolute atomic E-state index is 12.0. The summed E-state index contributed by atoms with van der Waals surface area (Å²) in [7, 11) is 0. The van der Waals surface area contributed by atoms with Crippen molar-refractivity contribution >= 4 is 32.6 Å². The molecule has 0 radical (unpaired) electrons. The maximum atomic E-state index is 12.0. The van der Waals surface area contributed by atoms with Crippen LogP contribution >= 0.6 is 11.3 Å². The van der Waals surface area contributed by atoms with Crippen LogP contribution in [0.5, 0.6) is 5.75 Å². The molecule has 0 spiro atoms. The molecule has 0 aliphatic heterocycles. The van der Waals surface area contributed by atoms with Gasteiger partial charge in [-0.2, -0.15) is 5.10 Å². The Labute approximate surface area is 131 Å². The average molecular weight is 316 g/mol. The Bertz CT molecular complexity index is 809. The van der Waals surface area contributed by atoms with Gasteiger partial charge in [0, 0.05) is 6.20 Å². The fourth-order valence-electron chi connectivity index (χ4n) is 2.07. The lowest BCUT2D eigenvalue weighted by Crippen LogP contribution is -2.18. The number of hydrogen-bond acceptors (Lipinski definition) is 5. The summed E-state index contributed by atoms with van der Waals surface area (Å²) in [5.74, 6) is 0.663. The second-order valence-corrected chi connectivity index (χ2v) is 5.88. The zero-order valence-corrected chi connectivity index (χ0v) is 13.2. The van der Waals surface area contributed by atoms with Gasteiger partial charge in [-0.1, -0.05) is 11.3 Å². The van der Waals surface area contributed by atoms with E-state index in [9.17, 15) is 4.79 Å². The quantitative estimate of drug-likeness (QED) is 0.786. The highest BCUT2D eigenvalue weighted by Gasteiger charge is 2.09. The van der Waals surface area contributed by atoms with Crippen LogP contribution in [0.3, 0.4) is 0 Å². The molecular formula is C15H16N4O2S. The van der Waals surface area contributed by atoms with Gasteiger partial charge in [0.05, 0.1) is 23.0 Å². The van der Waals surface area contributed by atoms with E-state index in [2.05, 4.69) is 15.4 Å². The summed E-state index contributed by atoms with van der Waals surface area (Å²) in [5, 5.41) is 7.48. The van der Waals surface area contributed by atoms with E-state index >= 15 is 0 Å². The van der Waals surface area contributed by atoms with Crippen molar-refractivity contribution in [2.45, 2.75) is 20.4 Å². The van der Waals surface area contributed by atoms with Gasteiger partial charge < -0.3 is 10.1 Å². The topological polar surface area (TPSA) is 69.0 Å². The average Bonchev–Trinajstić information content (AvgIpc) is 3.04. The molecule has 0 atom stereocenters. The van der Waals surface area contributed by atoms with E-state index in [0.29, 0.717) is 11.7 Å². The predicted molar refractivity (Wildman–Crippen MR) is 86.4 cm³/mol. The molecule has 3 aromatic rings. The SMILES string of the molecule is CCOc1ccc2nc(NC(=O)Cn3cc(C)cn3)sc2c1. The largest absolute Gasteiger partial charge is 0.494 e. The third-order valence-corrected chi connectivity index (χ3v) is 3.92. The molecule has 0 saturated carbocycles. The lowest BCUT2D eigenvalue weighted by molar-refractivity contribution is -0.116. The molecule has 1 N–H and O–H groups in total. The first-order valence-corrected chi connectivity index (χ1v) is 7.78. The first-order valence-electron chi connectivity index (χ1n) is 6.96. The zero-order chi connectivity index (χ0) is 15.5. The minimum absolute atomic E-state index is 0.146. The number of thiazole rings is 1. The zero-order valence-electron chi connectivity index (χ0n) is 12.4. The van der Waals surface area contributed by atoms with Gasteiger partial charge in [-0.3, -0.25) is 9.48 Å². The van der Waals surface area contributed by atoms with E-state index in [1.165, 1.54) is 11.3 Å². The molecule has 7 heteroatoms. The van der Waals surface area contributed by atoms with E-state index in [0.717, 1.165) is 21.5 Å². The van der Waals surface area contributed by atoms with Gasteiger partial charge in [-0.05, 0) is 37.6 Å². The van der Waals surface area contributed by atoms with Crippen molar-refractivity contribution in [1.29, 1.82) is 0 Å². The van der Waals surface area contributed by atoms with Crippen LogP contribution in [-0.2, 0) is 11.3 Å². The number of aryl methyl sites for hydroxylation is 1. The summed E-state index contributed by atoms with van der Waals surface area (Å²) in [4.78, 5) is 16.4. The van der Waals surface area contributed by atoms with Gasteiger partial charge in [0.15, 0.2) is 5.13 Å². The van der Waals surface area contributed by atoms with Crippen molar-refractivity contribution in [1.82, 2.24) is 14.8 Å². The second-order valence-electron chi connectivity index (χ2n) is 4.85. The van der Waals surface area contributed by atoms with Crippen molar-refractivity contribution in [3.8, 4) is 5.75 Å². The monoisotopic (exact) mass is 316 g/mol. The molecule has 22 heavy (non-hydrogen) atoms. The molecule has 2 heterocycles. The van der Waals surface area contributed by atoms with E-state index in [1.54, 1.807) is 10.9 Å². The van der Waals surface area contributed by atoms with Crippen LogP contribution in [-0.4, -0.2) is 27.3 Å². The molecule has 114 valence electrons. The highest BCUT2D eigenvalue weighted by Crippen LogP contribution is 2.29. The molecule has 0 unspecified atom stereocenters. The smallest absolute Gasteiger partial charge is 0.247 e. The van der Waals surface area contributed by atoms with Gasteiger partial charge in [0.2, 0.25) is 5.91 Å².